The van der Waals surface area contributed by atoms with Crippen molar-refractivity contribution >= 4 is 11.4 Å². The highest BCUT2D eigenvalue weighted by molar-refractivity contribution is 5.42. The van der Waals surface area contributed by atoms with Crippen LogP contribution in [0.2, 0.25) is 0 Å². The molecule has 1 aromatic rings. The van der Waals surface area contributed by atoms with Gasteiger partial charge < -0.3 is 5.73 Å². The highest BCUT2D eigenvalue weighted by Crippen LogP contribution is 2.10. The number of hydrogen-bond donors (Lipinski definition) is 1. The summed E-state index contributed by atoms with van der Waals surface area (Å²) in [5.74, 6) is 0. The third-order valence-electron chi connectivity index (χ3n) is 0.948. The van der Waals surface area contributed by atoms with Gasteiger partial charge in [0.15, 0.2) is 0 Å². The molecule has 0 saturated carbocycles. The van der Waals surface area contributed by atoms with Crippen molar-refractivity contribution in [3.05, 3.63) is 34.4 Å². The fourth-order valence-electron chi connectivity index (χ4n) is 0.492. The Balaban J connectivity index is 3.00. The standard InChI is InChI=1S/C6H4N2O2/c7-5-1-3-6(4-2-5)8(9)10/h1,4H,7H2. The monoisotopic (exact) mass is 136 g/mol. The van der Waals surface area contributed by atoms with E-state index in [-0.39, 0.29) is 5.69 Å². The maximum atomic E-state index is 10.0. The van der Waals surface area contributed by atoms with Crippen molar-refractivity contribution in [3.63, 3.8) is 0 Å². The minimum absolute atomic E-state index is 0.116. The summed E-state index contributed by atoms with van der Waals surface area (Å²) in [7, 11) is 0. The number of anilines is 1. The van der Waals surface area contributed by atoms with Crippen molar-refractivity contribution in [3.8, 4) is 0 Å². The lowest BCUT2D eigenvalue weighted by molar-refractivity contribution is -0.385. The van der Waals surface area contributed by atoms with Crippen LogP contribution >= 0.6 is 0 Å². The summed E-state index contributed by atoms with van der Waals surface area (Å²) in [6.07, 6.45) is 0. The Morgan fingerprint density at radius 1 is 1.50 bits per heavy atom. The number of nitrogens with zero attached hydrogens (tertiary/aromatic N) is 1. The van der Waals surface area contributed by atoms with E-state index in [9.17, 15) is 10.1 Å². The highest BCUT2D eigenvalue weighted by Gasteiger charge is 2.02. The van der Waals surface area contributed by atoms with Crippen LogP contribution in [0.25, 0.3) is 0 Å². The number of non-ortho nitro benzene ring substituents is 1. The van der Waals surface area contributed by atoms with E-state index in [4.69, 9.17) is 5.73 Å². The smallest absolute Gasteiger partial charge is 0.278 e. The molecule has 0 aliphatic rings. The molecule has 0 aliphatic carbocycles. The fourth-order valence-corrected chi connectivity index (χ4v) is 0.492. The van der Waals surface area contributed by atoms with E-state index in [1.165, 1.54) is 12.1 Å². The number of rotatable bonds is 1. The number of nitrogen functional groups attached to an aromatic ring is 1. The van der Waals surface area contributed by atoms with Gasteiger partial charge in [0, 0.05) is 17.8 Å². The molecule has 0 atom stereocenters. The van der Waals surface area contributed by atoms with E-state index in [0.29, 0.717) is 5.69 Å². The Hall–Kier alpha value is -1.58. The van der Waals surface area contributed by atoms with Gasteiger partial charge in [0.1, 0.15) is 0 Å². The lowest BCUT2D eigenvalue weighted by Crippen LogP contribution is -1.89. The van der Waals surface area contributed by atoms with E-state index in [1.54, 1.807) is 0 Å². The summed E-state index contributed by atoms with van der Waals surface area (Å²) in [6, 6.07) is 7.37. The van der Waals surface area contributed by atoms with Gasteiger partial charge in [-0.15, -0.1) is 0 Å². The molecule has 0 aromatic heterocycles. The first-order valence-corrected chi connectivity index (χ1v) is 2.53. The number of nitro groups is 1. The topological polar surface area (TPSA) is 69.2 Å². The van der Waals surface area contributed by atoms with Crippen LogP contribution in [0.4, 0.5) is 11.4 Å². The highest BCUT2D eigenvalue weighted by atomic mass is 16.6. The molecule has 0 fully saturated rings. The van der Waals surface area contributed by atoms with Crippen molar-refractivity contribution in [1.29, 1.82) is 0 Å². The summed E-state index contributed by atoms with van der Waals surface area (Å²) in [4.78, 5) is 9.48. The molecule has 10 heavy (non-hydrogen) atoms. The van der Waals surface area contributed by atoms with Crippen LogP contribution in [0.3, 0.4) is 0 Å². The Morgan fingerprint density at radius 2 is 2.20 bits per heavy atom. The molecule has 1 aromatic carbocycles. The molecule has 2 radical (unpaired) electrons. The molecule has 0 bridgehead atoms. The van der Waals surface area contributed by atoms with Gasteiger partial charge in [-0.3, -0.25) is 10.1 Å². The summed E-state index contributed by atoms with van der Waals surface area (Å²) in [6.45, 7) is 0. The normalized spacial score (nSPS) is 9.20. The molecule has 0 aliphatic heterocycles. The second-order valence-electron chi connectivity index (χ2n) is 1.68. The summed E-state index contributed by atoms with van der Waals surface area (Å²) < 4.78 is 0. The quantitative estimate of drug-likeness (QED) is 0.352. The molecule has 2 N–H and O–H groups in total. The van der Waals surface area contributed by atoms with Crippen LogP contribution < -0.4 is 5.73 Å². The predicted molar refractivity (Wildman–Crippen MR) is 35.2 cm³/mol. The maximum absolute atomic E-state index is 10.0. The number of hydrogen-bond acceptors (Lipinski definition) is 3. The van der Waals surface area contributed by atoms with E-state index >= 15 is 0 Å². The number of nitrogens with two attached hydrogens (primary N) is 1. The van der Waals surface area contributed by atoms with Crippen molar-refractivity contribution < 1.29 is 4.92 Å². The first kappa shape index (κ1) is 6.54. The lowest BCUT2D eigenvalue weighted by Gasteiger charge is -1.89. The van der Waals surface area contributed by atoms with E-state index in [0.717, 1.165) is 0 Å². The van der Waals surface area contributed by atoms with Gasteiger partial charge in [-0.1, -0.05) is 0 Å². The second-order valence-corrected chi connectivity index (χ2v) is 1.68. The van der Waals surface area contributed by atoms with Crippen LogP contribution in [0.5, 0.6) is 0 Å². The zero-order valence-corrected chi connectivity index (χ0v) is 5.00. The Kier molecular flexibility index (Phi) is 1.53. The van der Waals surface area contributed by atoms with Crippen LogP contribution in [0.15, 0.2) is 12.1 Å². The Bertz CT molecular complexity index is 242. The Labute approximate surface area is 57.4 Å². The van der Waals surface area contributed by atoms with Gasteiger partial charge in [-0.2, -0.15) is 0 Å². The average Bonchev–Trinajstić information content (AvgIpc) is 1.88. The molecule has 0 spiro atoms. The zero-order valence-electron chi connectivity index (χ0n) is 5.00. The molecule has 0 saturated heterocycles. The van der Waals surface area contributed by atoms with Crippen LogP contribution in [-0.4, -0.2) is 4.92 Å². The average molecular weight is 136 g/mol. The number of nitro benzene ring substituents is 1. The van der Waals surface area contributed by atoms with E-state index in [1.807, 2.05) is 0 Å². The summed E-state index contributed by atoms with van der Waals surface area (Å²) >= 11 is 0. The summed E-state index contributed by atoms with van der Waals surface area (Å²) in [5.41, 5.74) is 5.45. The van der Waals surface area contributed by atoms with Gasteiger partial charge in [0.25, 0.3) is 5.69 Å². The van der Waals surface area contributed by atoms with Crippen molar-refractivity contribution in [2.45, 2.75) is 0 Å². The molecule has 1 rings (SSSR count). The SMILES string of the molecule is Nc1[c]cc([N+](=O)[O-])[c]c1. The number of benzene rings is 1. The van der Waals surface area contributed by atoms with Crippen LogP contribution in [-0.2, 0) is 0 Å². The van der Waals surface area contributed by atoms with Crippen molar-refractivity contribution in [2.75, 3.05) is 5.73 Å². The molecule has 0 unspecified atom stereocenters. The molecule has 50 valence electrons. The second kappa shape index (κ2) is 2.34. The first-order valence-electron chi connectivity index (χ1n) is 2.53. The van der Waals surface area contributed by atoms with E-state index in [2.05, 4.69) is 12.1 Å². The van der Waals surface area contributed by atoms with Gasteiger partial charge in [0.2, 0.25) is 0 Å². The molecule has 4 heteroatoms. The molecular weight excluding hydrogens is 132 g/mol. The molecular formula is C6H4N2O2. The van der Waals surface area contributed by atoms with Crippen molar-refractivity contribution in [1.82, 2.24) is 0 Å². The van der Waals surface area contributed by atoms with Gasteiger partial charge in [0.05, 0.1) is 11.0 Å². The van der Waals surface area contributed by atoms with Crippen LogP contribution in [0, 0.1) is 22.2 Å². The largest absolute Gasteiger partial charge is 0.398 e. The third kappa shape index (κ3) is 1.22. The van der Waals surface area contributed by atoms with Gasteiger partial charge >= 0.3 is 0 Å². The maximum Gasteiger partial charge on any atom is 0.278 e. The van der Waals surface area contributed by atoms with Gasteiger partial charge in [-0.05, 0) is 6.07 Å². The molecule has 0 amide bonds. The lowest BCUT2D eigenvalue weighted by atomic mass is 10.3. The van der Waals surface area contributed by atoms with E-state index < -0.39 is 4.92 Å². The third-order valence-corrected chi connectivity index (χ3v) is 0.948. The molecule has 4 nitrogen and oxygen atoms in total. The Morgan fingerprint density at radius 3 is 2.60 bits per heavy atom. The fraction of sp³-hybridized carbons (Fsp3) is 0. The minimum atomic E-state index is -0.546. The zero-order chi connectivity index (χ0) is 7.56. The predicted octanol–water partition coefficient (Wildman–Crippen LogP) is 0.777. The minimum Gasteiger partial charge on any atom is -0.398 e. The summed E-state index contributed by atoms with van der Waals surface area (Å²) in [5, 5.41) is 10.0. The van der Waals surface area contributed by atoms with Crippen molar-refractivity contribution in [2.24, 2.45) is 0 Å². The van der Waals surface area contributed by atoms with Gasteiger partial charge in [-0.25, -0.2) is 0 Å². The van der Waals surface area contributed by atoms with Crippen LogP contribution in [0.1, 0.15) is 0 Å². The first-order chi connectivity index (χ1) is 4.70. The molecule has 0 heterocycles.